The van der Waals surface area contributed by atoms with Gasteiger partial charge >= 0.3 is 5.97 Å². The summed E-state index contributed by atoms with van der Waals surface area (Å²) in [6.07, 6.45) is 3.24. The predicted molar refractivity (Wildman–Crippen MR) is 71.9 cm³/mol. The van der Waals surface area contributed by atoms with Gasteiger partial charge in [-0.25, -0.2) is 4.98 Å². The molecule has 20 heavy (non-hydrogen) atoms. The van der Waals surface area contributed by atoms with Crippen LogP contribution in [0.3, 0.4) is 0 Å². The molecule has 0 bridgehead atoms. The number of allylic oxidation sites excluding steroid dienone is 1. The van der Waals surface area contributed by atoms with Gasteiger partial charge in [-0.15, -0.1) is 0 Å². The summed E-state index contributed by atoms with van der Waals surface area (Å²) >= 11 is 0. The number of nitrogens with zero attached hydrogens (tertiary/aromatic N) is 2. The molecule has 0 radical (unpaired) electrons. The van der Waals surface area contributed by atoms with Crippen molar-refractivity contribution >= 4 is 17.6 Å². The van der Waals surface area contributed by atoms with E-state index in [1.54, 1.807) is 11.1 Å². The van der Waals surface area contributed by atoms with Gasteiger partial charge in [-0.05, 0) is 12.1 Å². The van der Waals surface area contributed by atoms with Crippen LogP contribution in [0, 0.1) is 0 Å². The molecule has 0 saturated carbocycles. The number of aromatic nitrogens is 1. The van der Waals surface area contributed by atoms with E-state index in [1.165, 1.54) is 13.4 Å². The van der Waals surface area contributed by atoms with E-state index in [-0.39, 0.29) is 18.6 Å². The SMILES string of the molecule is COC(=O)CCC(=O)C1=COCCN1c1ccccn1. The summed E-state index contributed by atoms with van der Waals surface area (Å²) in [6, 6.07) is 5.49. The molecule has 6 heteroatoms. The van der Waals surface area contributed by atoms with E-state index in [0.29, 0.717) is 24.7 Å². The lowest BCUT2D eigenvalue weighted by Gasteiger charge is -2.28. The average molecular weight is 276 g/mol. The second-order valence-corrected chi connectivity index (χ2v) is 4.21. The summed E-state index contributed by atoms with van der Waals surface area (Å²) < 4.78 is 9.75. The van der Waals surface area contributed by atoms with Crippen molar-refractivity contribution in [1.82, 2.24) is 4.98 Å². The number of esters is 1. The number of hydrogen-bond donors (Lipinski definition) is 0. The van der Waals surface area contributed by atoms with Gasteiger partial charge in [-0.1, -0.05) is 6.07 Å². The fourth-order valence-electron chi connectivity index (χ4n) is 1.88. The monoisotopic (exact) mass is 276 g/mol. The highest BCUT2D eigenvalue weighted by molar-refractivity contribution is 5.99. The molecule has 0 amide bonds. The molecule has 0 unspecified atom stereocenters. The Balaban J connectivity index is 2.09. The van der Waals surface area contributed by atoms with E-state index in [2.05, 4.69) is 9.72 Å². The lowest BCUT2D eigenvalue weighted by Crippen LogP contribution is -2.34. The van der Waals surface area contributed by atoms with Gasteiger partial charge in [-0.2, -0.15) is 0 Å². The summed E-state index contributed by atoms with van der Waals surface area (Å²) in [7, 11) is 1.30. The third-order valence-corrected chi connectivity index (χ3v) is 2.91. The summed E-state index contributed by atoms with van der Waals surface area (Å²) in [6.45, 7) is 1.04. The summed E-state index contributed by atoms with van der Waals surface area (Å²) in [5.74, 6) is 0.120. The van der Waals surface area contributed by atoms with Crippen LogP contribution in [-0.2, 0) is 19.1 Å². The first-order valence-corrected chi connectivity index (χ1v) is 6.32. The highest BCUT2D eigenvalue weighted by atomic mass is 16.5. The molecule has 0 saturated heterocycles. The van der Waals surface area contributed by atoms with Crippen LogP contribution in [0.5, 0.6) is 0 Å². The second-order valence-electron chi connectivity index (χ2n) is 4.21. The maximum atomic E-state index is 12.2. The van der Waals surface area contributed by atoms with Crippen molar-refractivity contribution in [1.29, 1.82) is 0 Å². The van der Waals surface area contributed by atoms with Gasteiger partial charge in [0.1, 0.15) is 24.4 Å². The van der Waals surface area contributed by atoms with Crippen LogP contribution in [0.15, 0.2) is 36.4 Å². The molecule has 0 atom stereocenters. The summed E-state index contributed by atoms with van der Waals surface area (Å²) in [5, 5.41) is 0. The van der Waals surface area contributed by atoms with Crippen molar-refractivity contribution in [3.8, 4) is 0 Å². The zero-order valence-corrected chi connectivity index (χ0v) is 11.2. The Labute approximate surface area is 117 Å². The van der Waals surface area contributed by atoms with E-state index in [9.17, 15) is 9.59 Å². The molecule has 6 nitrogen and oxygen atoms in total. The van der Waals surface area contributed by atoms with Crippen LogP contribution in [0.2, 0.25) is 0 Å². The minimum atomic E-state index is -0.403. The Kier molecular flexibility index (Phi) is 4.70. The number of hydrogen-bond acceptors (Lipinski definition) is 6. The Hall–Kier alpha value is -2.37. The zero-order valence-electron chi connectivity index (χ0n) is 11.2. The fourth-order valence-corrected chi connectivity index (χ4v) is 1.88. The normalized spacial score (nSPS) is 14.2. The minimum Gasteiger partial charge on any atom is -0.497 e. The van der Waals surface area contributed by atoms with Crippen molar-refractivity contribution in [3.63, 3.8) is 0 Å². The number of carbonyl (C=O) groups excluding carboxylic acids is 2. The van der Waals surface area contributed by atoms with Gasteiger partial charge < -0.3 is 14.4 Å². The van der Waals surface area contributed by atoms with Gasteiger partial charge in [-0.3, -0.25) is 9.59 Å². The second kappa shape index (κ2) is 6.70. The Morgan fingerprint density at radius 2 is 2.25 bits per heavy atom. The number of anilines is 1. The van der Waals surface area contributed by atoms with Crippen LogP contribution < -0.4 is 4.90 Å². The molecule has 1 aromatic heterocycles. The third-order valence-electron chi connectivity index (χ3n) is 2.91. The van der Waals surface area contributed by atoms with Gasteiger partial charge in [0.15, 0.2) is 5.78 Å². The highest BCUT2D eigenvalue weighted by Gasteiger charge is 2.23. The quantitative estimate of drug-likeness (QED) is 0.755. The van der Waals surface area contributed by atoms with E-state index < -0.39 is 5.97 Å². The molecule has 0 N–H and O–H groups in total. The summed E-state index contributed by atoms with van der Waals surface area (Å²) in [5.41, 5.74) is 0.416. The molecule has 0 aromatic carbocycles. The maximum absolute atomic E-state index is 12.2. The van der Waals surface area contributed by atoms with E-state index in [4.69, 9.17) is 4.74 Å². The van der Waals surface area contributed by atoms with Crippen molar-refractivity contribution in [2.75, 3.05) is 25.2 Å². The number of pyridine rings is 1. The Morgan fingerprint density at radius 1 is 1.40 bits per heavy atom. The molecule has 0 fully saturated rings. The molecule has 1 aliphatic rings. The van der Waals surface area contributed by atoms with E-state index >= 15 is 0 Å². The fraction of sp³-hybridized carbons (Fsp3) is 0.357. The number of ketones is 1. The molecule has 2 heterocycles. The molecule has 1 aromatic rings. The van der Waals surface area contributed by atoms with Crippen molar-refractivity contribution < 1.29 is 19.1 Å². The van der Waals surface area contributed by atoms with Crippen LogP contribution in [0.25, 0.3) is 0 Å². The molecular weight excluding hydrogens is 260 g/mol. The third kappa shape index (κ3) is 3.34. The molecule has 1 aliphatic heterocycles. The van der Waals surface area contributed by atoms with E-state index in [0.717, 1.165) is 0 Å². The average Bonchev–Trinajstić information content (AvgIpc) is 2.53. The van der Waals surface area contributed by atoms with Crippen LogP contribution >= 0.6 is 0 Å². The van der Waals surface area contributed by atoms with Gasteiger partial charge in [0, 0.05) is 12.6 Å². The van der Waals surface area contributed by atoms with Gasteiger partial charge in [0.25, 0.3) is 0 Å². The molecule has 2 rings (SSSR count). The van der Waals surface area contributed by atoms with Gasteiger partial charge in [0.05, 0.1) is 20.1 Å². The zero-order chi connectivity index (χ0) is 14.4. The molecule has 0 aliphatic carbocycles. The lowest BCUT2D eigenvalue weighted by molar-refractivity contribution is -0.141. The van der Waals surface area contributed by atoms with E-state index in [1.807, 2.05) is 18.2 Å². The van der Waals surface area contributed by atoms with Crippen molar-refractivity contribution in [3.05, 3.63) is 36.4 Å². The first kappa shape index (κ1) is 14.0. The van der Waals surface area contributed by atoms with Gasteiger partial charge in [0.2, 0.25) is 0 Å². The maximum Gasteiger partial charge on any atom is 0.305 e. The highest BCUT2D eigenvalue weighted by Crippen LogP contribution is 2.20. The largest absolute Gasteiger partial charge is 0.497 e. The smallest absolute Gasteiger partial charge is 0.305 e. The standard InChI is InChI=1S/C14H16N2O4/c1-19-14(18)6-5-12(17)11-10-20-9-8-16(11)13-4-2-3-7-15-13/h2-4,7,10H,5-6,8-9H2,1H3. The van der Waals surface area contributed by atoms with Crippen LogP contribution in [-0.4, -0.2) is 37.0 Å². The summed E-state index contributed by atoms with van der Waals surface area (Å²) in [4.78, 5) is 29.3. The first-order chi connectivity index (χ1) is 9.72. The lowest BCUT2D eigenvalue weighted by atomic mass is 10.1. The number of rotatable bonds is 5. The topological polar surface area (TPSA) is 68.7 Å². The minimum absolute atomic E-state index is 0.0583. The number of ether oxygens (including phenoxy) is 2. The Morgan fingerprint density at radius 3 is 2.95 bits per heavy atom. The van der Waals surface area contributed by atoms with Crippen LogP contribution in [0.1, 0.15) is 12.8 Å². The number of methoxy groups -OCH3 is 1. The molecule has 0 spiro atoms. The number of carbonyl (C=O) groups is 2. The first-order valence-electron chi connectivity index (χ1n) is 6.32. The molecular formula is C14H16N2O4. The number of Topliss-reactive ketones (excluding diaryl/α,β-unsaturated/α-hetero) is 1. The van der Waals surface area contributed by atoms with Crippen molar-refractivity contribution in [2.45, 2.75) is 12.8 Å². The Bertz CT molecular complexity index is 513. The molecule has 106 valence electrons. The van der Waals surface area contributed by atoms with Crippen molar-refractivity contribution in [2.24, 2.45) is 0 Å². The predicted octanol–water partition coefficient (Wildman–Crippen LogP) is 1.28. The van der Waals surface area contributed by atoms with Crippen LogP contribution in [0.4, 0.5) is 5.82 Å².